The average Bonchev–Trinajstić information content (AvgIpc) is 2.01. The van der Waals surface area contributed by atoms with E-state index in [9.17, 15) is 5.11 Å². The zero-order valence-electron chi connectivity index (χ0n) is 7.17. The van der Waals surface area contributed by atoms with Gasteiger partial charge in [0, 0.05) is 11.1 Å². The van der Waals surface area contributed by atoms with Crippen molar-refractivity contribution in [3.8, 4) is 5.75 Å². The number of nitrogens with one attached hydrogen (secondary N) is 1. The molecule has 1 heterocycles. The van der Waals surface area contributed by atoms with Crippen LogP contribution in [0.25, 0.3) is 0 Å². The first kappa shape index (κ1) is 7.62. The van der Waals surface area contributed by atoms with Gasteiger partial charge >= 0.3 is 0 Å². The van der Waals surface area contributed by atoms with Crippen LogP contribution < -0.4 is 5.32 Å². The molecule has 0 spiro atoms. The third kappa shape index (κ3) is 0.994. The van der Waals surface area contributed by atoms with Crippen molar-refractivity contribution in [2.75, 3.05) is 6.54 Å². The van der Waals surface area contributed by atoms with Crippen molar-refractivity contribution in [1.29, 1.82) is 0 Å². The first-order valence-corrected chi connectivity index (χ1v) is 4.26. The van der Waals surface area contributed by atoms with Gasteiger partial charge in [-0.1, -0.05) is 18.2 Å². The highest BCUT2D eigenvalue weighted by Crippen LogP contribution is 2.35. The van der Waals surface area contributed by atoms with E-state index in [4.69, 9.17) is 0 Å². The molecule has 2 rings (SSSR count). The van der Waals surface area contributed by atoms with Crippen LogP contribution in [0.2, 0.25) is 0 Å². The molecular weight excluding hydrogens is 150 g/mol. The van der Waals surface area contributed by atoms with Gasteiger partial charge in [-0.25, -0.2) is 0 Å². The Bertz CT molecular complexity index is 292. The van der Waals surface area contributed by atoms with Crippen molar-refractivity contribution in [2.45, 2.75) is 18.9 Å². The van der Waals surface area contributed by atoms with Crippen molar-refractivity contribution in [3.63, 3.8) is 0 Å². The molecule has 1 aromatic rings. The highest BCUT2D eigenvalue weighted by Gasteiger charge is 2.34. The van der Waals surface area contributed by atoms with Crippen molar-refractivity contribution >= 4 is 0 Å². The molecular formula is C10H13NO. The lowest BCUT2D eigenvalue weighted by atomic mass is 9.82. The Morgan fingerprint density at radius 1 is 1.42 bits per heavy atom. The van der Waals surface area contributed by atoms with Gasteiger partial charge in [0.15, 0.2) is 0 Å². The molecule has 0 saturated carbocycles. The fraction of sp³-hybridized carbons (Fsp3) is 0.400. The quantitative estimate of drug-likeness (QED) is 0.659. The fourth-order valence-corrected chi connectivity index (χ4v) is 1.67. The summed E-state index contributed by atoms with van der Waals surface area (Å²) in [7, 11) is 0. The summed E-state index contributed by atoms with van der Waals surface area (Å²) in [6, 6.07) is 7.52. The molecule has 0 amide bonds. The Hall–Kier alpha value is -1.02. The van der Waals surface area contributed by atoms with Gasteiger partial charge in [0.05, 0.1) is 0 Å². The molecule has 1 atom stereocenters. The maximum absolute atomic E-state index is 9.57. The number of phenols is 1. The Balaban J connectivity index is 2.39. The van der Waals surface area contributed by atoms with Crippen molar-refractivity contribution in [1.82, 2.24) is 5.32 Å². The topological polar surface area (TPSA) is 32.3 Å². The number of rotatable bonds is 1. The number of hydrogen-bond acceptors (Lipinski definition) is 2. The van der Waals surface area contributed by atoms with Crippen LogP contribution in [0, 0.1) is 0 Å². The largest absolute Gasteiger partial charge is 0.508 e. The molecule has 0 aliphatic carbocycles. The van der Waals surface area contributed by atoms with Crippen LogP contribution >= 0.6 is 0 Å². The number of benzene rings is 1. The molecule has 1 aliphatic heterocycles. The van der Waals surface area contributed by atoms with Crippen molar-refractivity contribution < 1.29 is 5.11 Å². The SMILES string of the molecule is CC1(c2ccccc2O)CCN1. The summed E-state index contributed by atoms with van der Waals surface area (Å²) in [5.74, 6) is 0.396. The summed E-state index contributed by atoms with van der Waals surface area (Å²) in [6.45, 7) is 3.16. The van der Waals surface area contributed by atoms with Gasteiger partial charge < -0.3 is 10.4 Å². The summed E-state index contributed by atoms with van der Waals surface area (Å²) in [5, 5.41) is 12.9. The average molecular weight is 163 g/mol. The molecule has 1 unspecified atom stereocenters. The second-order valence-electron chi connectivity index (χ2n) is 3.53. The van der Waals surface area contributed by atoms with Crippen LogP contribution in [0.4, 0.5) is 0 Å². The summed E-state index contributed by atoms with van der Waals surface area (Å²) in [4.78, 5) is 0. The fourth-order valence-electron chi connectivity index (χ4n) is 1.67. The highest BCUT2D eigenvalue weighted by atomic mass is 16.3. The van der Waals surface area contributed by atoms with Crippen LogP contribution in [0.1, 0.15) is 18.9 Å². The lowest BCUT2D eigenvalue weighted by molar-refractivity contribution is 0.229. The van der Waals surface area contributed by atoms with E-state index in [1.54, 1.807) is 6.07 Å². The predicted molar refractivity (Wildman–Crippen MR) is 48.1 cm³/mol. The molecule has 2 heteroatoms. The normalized spacial score (nSPS) is 28.1. The Labute approximate surface area is 72.2 Å². The summed E-state index contributed by atoms with van der Waals surface area (Å²) in [5.41, 5.74) is 1.02. The second kappa shape index (κ2) is 2.49. The first-order valence-electron chi connectivity index (χ1n) is 4.26. The minimum Gasteiger partial charge on any atom is -0.508 e. The molecule has 1 fully saturated rings. The Morgan fingerprint density at radius 2 is 2.08 bits per heavy atom. The molecule has 2 nitrogen and oxygen atoms in total. The van der Waals surface area contributed by atoms with Crippen LogP contribution in [-0.2, 0) is 5.54 Å². The van der Waals surface area contributed by atoms with E-state index < -0.39 is 0 Å². The van der Waals surface area contributed by atoms with Gasteiger partial charge in [0.25, 0.3) is 0 Å². The lowest BCUT2D eigenvalue weighted by Crippen LogP contribution is -2.51. The number of para-hydroxylation sites is 1. The van der Waals surface area contributed by atoms with Crippen LogP contribution in [0.3, 0.4) is 0 Å². The van der Waals surface area contributed by atoms with Crippen LogP contribution in [-0.4, -0.2) is 11.7 Å². The monoisotopic (exact) mass is 163 g/mol. The molecule has 0 bridgehead atoms. The first-order chi connectivity index (χ1) is 5.72. The van der Waals surface area contributed by atoms with Gasteiger partial charge in [0.2, 0.25) is 0 Å². The van der Waals surface area contributed by atoms with Gasteiger partial charge in [0.1, 0.15) is 5.75 Å². The molecule has 1 aromatic carbocycles. The number of phenolic OH excluding ortho intramolecular Hbond substituents is 1. The molecule has 0 aromatic heterocycles. The van der Waals surface area contributed by atoms with Crippen molar-refractivity contribution in [3.05, 3.63) is 29.8 Å². The number of hydrogen-bond donors (Lipinski definition) is 2. The van der Waals surface area contributed by atoms with E-state index in [-0.39, 0.29) is 5.54 Å². The van der Waals surface area contributed by atoms with E-state index >= 15 is 0 Å². The summed E-state index contributed by atoms with van der Waals surface area (Å²) >= 11 is 0. The van der Waals surface area contributed by atoms with Gasteiger partial charge in [-0.05, 0) is 26.0 Å². The summed E-state index contributed by atoms with van der Waals surface area (Å²) in [6.07, 6.45) is 1.10. The molecule has 64 valence electrons. The maximum atomic E-state index is 9.57. The predicted octanol–water partition coefficient (Wildman–Crippen LogP) is 1.60. The van der Waals surface area contributed by atoms with E-state index in [2.05, 4.69) is 12.2 Å². The highest BCUT2D eigenvalue weighted by molar-refractivity contribution is 5.38. The smallest absolute Gasteiger partial charge is 0.120 e. The standard InChI is InChI=1S/C10H13NO/c1-10(6-7-11-10)8-4-2-3-5-9(8)12/h2-5,11-12H,6-7H2,1H3. The van der Waals surface area contributed by atoms with Crippen molar-refractivity contribution in [2.24, 2.45) is 0 Å². The maximum Gasteiger partial charge on any atom is 0.120 e. The number of aromatic hydroxyl groups is 1. The van der Waals surface area contributed by atoms with E-state index in [1.807, 2.05) is 18.2 Å². The van der Waals surface area contributed by atoms with Gasteiger partial charge in [-0.3, -0.25) is 0 Å². The molecule has 1 saturated heterocycles. The molecule has 1 aliphatic rings. The van der Waals surface area contributed by atoms with Crippen LogP contribution in [0.15, 0.2) is 24.3 Å². The Morgan fingerprint density at radius 3 is 2.58 bits per heavy atom. The Kier molecular flexibility index (Phi) is 1.58. The van der Waals surface area contributed by atoms with Gasteiger partial charge in [-0.15, -0.1) is 0 Å². The van der Waals surface area contributed by atoms with Crippen LogP contribution in [0.5, 0.6) is 5.75 Å². The third-order valence-electron chi connectivity index (χ3n) is 2.64. The van der Waals surface area contributed by atoms with E-state index in [1.165, 1.54) is 0 Å². The molecule has 2 N–H and O–H groups in total. The lowest BCUT2D eigenvalue weighted by Gasteiger charge is -2.40. The minimum atomic E-state index is 0.00530. The summed E-state index contributed by atoms with van der Waals surface area (Å²) < 4.78 is 0. The van der Waals surface area contributed by atoms with Gasteiger partial charge in [-0.2, -0.15) is 0 Å². The zero-order chi connectivity index (χ0) is 8.60. The third-order valence-corrected chi connectivity index (χ3v) is 2.64. The van der Waals surface area contributed by atoms with E-state index in [0.717, 1.165) is 18.5 Å². The zero-order valence-corrected chi connectivity index (χ0v) is 7.17. The second-order valence-corrected chi connectivity index (χ2v) is 3.53. The minimum absolute atomic E-state index is 0.00530. The van der Waals surface area contributed by atoms with E-state index in [0.29, 0.717) is 5.75 Å². The molecule has 12 heavy (non-hydrogen) atoms. The molecule has 0 radical (unpaired) electrons.